The Morgan fingerprint density at radius 2 is 2.16 bits per heavy atom. The number of nitrogens with zero attached hydrogens (tertiary/aromatic N) is 3. The van der Waals surface area contributed by atoms with Gasteiger partial charge < -0.3 is 20.1 Å². The Labute approximate surface area is 114 Å². The molecule has 0 saturated carbocycles. The van der Waals surface area contributed by atoms with Crippen LogP contribution in [0.4, 0.5) is 11.6 Å². The standard InChI is InChI=1S/C13H24N4O2/c1-5-14-12-11(19-4)13(16-9-15-12)17(10(2)3)7-6-8-18/h9-10,18H,5-8H2,1-4H3,(H,14,15,16). The van der Waals surface area contributed by atoms with Crippen LogP contribution < -0.4 is 15.0 Å². The predicted octanol–water partition coefficient (Wildman–Crippen LogP) is 1.51. The summed E-state index contributed by atoms with van der Waals surface area (Å²) in [7, 11) is 1.62. The molecule has 0 spiro atoms. The lowest BCUT2D eigenvalue weighted by Gasteiger charge is -2.29. The van der Waals surface area contributed by atoms with Crippen molar-refractivity contribution in [1.29, 1.82) is 0 Å². The molecule has 19 heavy (non-hydrogen) atoms. The average molecular weight is 268 g/mol. The number of nitrogens with one attached hydrogen (secondary N) is 1. The highest BCUT2D eigenvalue weighted by Crippen LogP contribution is 2.32. The fourth-order valence-electron chi connectivity index (χ4n) is 1.90. The topological polar surface area (TPSA) is 70.5 Å². The molecule has 1 aromatic rings. The van der Waals surface area contributed by atoms with E-state index in [1.54, 1.807) is 7.11 Å². The van der Waals surface area contributed by atoms with E-state index in [-0.39, 0.29) is 12.6 Å². The minimum atomic E-state index is 0.163. The van der Waals surface area contributed by atoms with E-state index in [1.807, 2.05) is 6.92 Å². The summed E-state index contributed by atoms with van der Waals surface area (Å²) < 4.78 is 5.45. The molecule has 1 rings (SSSR count). The van der Waals surface area contributed by atoms with Crippen LogP contribution in [0.1, 0.15) is 27.2 Å². The minimum Gasteiger partial charge on any atom is -0.490 e. The number of aliphatic hydroxyl groups excluding tert-OH is 1. The van der Waals surface area contributed by atoms with Gasteiger partial charge in [-0.15, -0.1) is 0 Å². The van der Waals surface area contributed by atoms with Gasteiger partial charge in [-0.25, -0.2) is 9.97 Å². The van der Waals surface area contributed by atoms with Gasteiger partial charge >= 0.3 is 0 Å². The van der Waals surface area contributed by atoms with Gasteiger partial charge in [0.25, 0.3) is 0 Å². The molecule has 0 fully saturated rings. The van der Waals surface area contributed by atoms with Gasteiger partial charge in [0.2, 0.25) is 5.75 Å². The molecule has 2 N–H and O–H groups in total. The van der Waals surface area contributed by atoms with Crippen LogP contribution in [-0.2, 0) is 0 Å². The Bertz CT molecular complexity index is 385. The third-order valence-corrected chi connectivity index (χ3v) is 2.79. The monoisotopic (exact) mass is 268 g/mol. The summed E-state index contributed by atoms with van der Waals surface area (Å²) in [6.45, 7) is 7.85. The quantitative estimate of drug-likeness (QED) is 0.745. The van der Waals surface area contributed by atoms with Crippen molar-refractivity contribution in [1.82, 2.24) is 9.97 Å². The van der Waals surface area contributed by atoms with Gasteiger partial charge in [0, 0.05) is 25.7 Å². The molecule has 0 amide bonds. The van der Waals surface area contributed by atoms with Crippen molar-refractivity contribution in [3.8, 4) is 5.75 Å². The van der Waals surface area contributed by atoms with Gasteiger partial charge in [-0.1, -0.05) is 0 Å². The fraction of sp³-hybridized carbons (Fsp3) is 0.692. The lowest BCUT2D eigenvalue weighted by molar-refractivity contribution is 0.288. The molecule has 1 aromatic heterocycles. The molecule has 0 aliphatic carbocycles. The van der Waals surface area contributed by atoms with Crippen LogP contribution in [0.2, 0.25) is 0 Å². The van der Waals surface area contributed by atoms with Crippen molar-refractivity contribution in [3.63, 3.8) is 0 Å². The number of methoxy groups -OCH3 is 1. The Morgan fingerprint density at radius 1 is 1.42 bits per heavy atom. The third-order valence-electron chi connectivity index (χ3n) is 2.79. The molecule has 6 nitrogen and oxygen atoms in total. The summed E-state index contributed by atoms with van der Waals surface area (Å²) in [6.07, 6.45) is 2.23. The highest BCUT2D eigenvalue weighted by atomic mass is 16.5. The number of aliphatic hydroxyl groups is 1. The molecule has 0 saturated heterocycles. The first kappa shape index (κ1) is 15.5. The molecular weight excluding hydrogens is 244 g/mol. The van der Waals surface area contributed by atoms with E-state index in [1.165, 1.54) is 6.33 Å². The van der Waals surface area contributed by atoms with E-state index >= 15 is 0 Å². The molecule has 1 heterocycles. The Hall–Kier alpha value is -1.56. The van der Waals surface area contributed by atoms with Crippen molar-refractivity contribution in [3.05, 3.63) is 6.33 Å². The molecule has 0 radical (unpaired) electrons. The smallest absolute Gasteiger partial charge is 0.204 e. The molecule has 0 aromatic carbocycles. The fourth-order valence-corrected chi connectivity index (χ4v) is 1.90. The van der Waals surface area contributed by atoms with Crippen LogP contribution in [0.25, 0.3) is 0 Å². The van der Waals surface area contributed by atoms with Gasteiger partial charge in [-0.3, -0.25) is 0 Å². The maximum Gasteiger partial charge on any atom is 0.204 e. The molecule has 0 bridgehead atoms. The second kappa shape index (κ2) is 7.78. The lowest BCUT2D eigenvalue weighted by atomic mass is 10.2. The largest absolute Gasteiger partial charge is 0.490 e. The maximum atomic E-state index is 9.01. The summed E-state index contributed by atoms with van der Waals surface area (Å²) >= 11 is 0. The first-order chi connectivity index (χ1) is 9.15. The van der Waals surface area contributed by atoms with Gasteiger partial charge in [0.05, 0.1) is 7.11 Å². The summed E-state index contributed by atoms with van der Waals surface area (Å²) in [5.74, 6) is 2.11. The minimum absolute atomic E-state index is 0.163. The summed E-state index contributed by atoms with van der Waals surface area (Å²) in [5.41, 5.74) is 0. The molecule has 0 atom stereocenters. The Morgan fingerprint density at radius 3 is 2.68 bits per heavy atom. The first-order valence-electron chi connectivity index (χ1n) is 6.66. The van der Waals surface area contributed by atoms with E-state index < -0.39 is 0 Å². The summed E-state index contributed by atoms with van der Waals surface area (Å²) in [5, 5.41) is 12.2. The lowest BCUT2D eigenvalue weighted by Crippen LogP contribution is -2.33. The van der Waals surface area contributed by atoms with E-state index in [9.17, 15) is 0 Å². The maximum absolute atomic E-state index is 9.01. The van der Waals surface area contributed by atoms with Crippen molar-refractivity contribution in [2.75, 3.05) is 37.0 Å². The second-order valence-electron chi connectivity index (χ2n) is 4.47. The average Bonchev–Trinajstić information content (AvgIpc) is 2.39. The zero-order valence-corrected chi connectivity index (χ0v) is 12.2. The summed E-state index contributed by atoms with van der Waals surface area (Å²) in [6, 6.07) is 0.268. The zero-order valence-electron chi connectivity index (χ0n) is 12.2. The van der Waals surface area contributed by atoms with Gasteiger partial charge in [0.15, 0.2) is 11.6 Å². The van der Waals surface area contributed by atoms with Crippen molar-refractivity contribution in [2.24, 2.45) is 0 Å². The van der Waals surface area contributed by atoms with Crippen molar-refractivity contribution in [2.45, 2.75) is 33.2 Å². The number of ether oxygens (including phenoxy) is 1. The molecule has 0 unspecified atom stereocenters. The van der Waals surface area contributed by atoms with Gasteiger partial charge in [-0.05, 0) is 27.2 Å². The van der Waals surface area contributed by atoms with Crippen molar-refractivity contribution >= 4 is 11.6 Å². The highest BCUT2D eigenvalue weighted by Gasteiger charge is 2.19. The Balaban J connectivity index is 3.10. The number of hydrogen-bond acceptors (Lipinski definition) is 6. The van der Waals surface area contributed by atoms with E-state index in [4.69, 9.17) is 9.84 Å². The molecule has 6 heteroatoms. The Kier molecular flexibility index (Phi) is 6.35. The van der Waals surface area contributed by atoms with E-state index in [0.717, 1.165) is 18.9 Å². The number of hydrogen-bond donors (Lipinski definition) is 2. The number of aromatic nitrogens is 2. The second-order valence-corrected chi connectivity index (χ2v) is 4.47. The number of rotatable bonds is 8. The van der Waals surface area contributed by atoms with Crippen LogP contribution in [0, 0.1) is 0 Å². The van der Waals surface area contributed by atoms with Crippen LogP contribution >= 0.6 is 0 Å². The summed E-state index contributed by atoms with van der Waals surface area (Å²) in [4.78, 5) is 10.6. The van der Waals surface area contributed by atoms with Crippen LogP contribution in [0.15, 0.2) is 6.33 Å². The molecule has 0 aliphatic heterocycles. The third kappa shape index (κ3) is 3.96. The number of anilines is 2. The van der Waals surface area contributed by atoms with Crippen LogP contribution in [0.5, 0.6) is 5.75 Å². The zero-order chi connectivity index (χ0) is 14.3. The molecule has 108 valence electrons. The van der Waals surface area contributed by atoms with E-state index in [0.29, 0.717) is 18.0 Å². The SMILES string of the molecule is CCNc1ncnc(N(CCCO)C(C)C)c1OC. The van der Waals surface area contributed by atoms with Crippen molar-refractivity contribution < 1.29 is 9.84 Å². The van der Waals surface area contributed by atoms with Crippen LogP contribution in [-0.4, -0.2) is 47.9 Å². The van der Waals surface area contributed by atoms with E-state index in [2.05, 4.69) is 34.0 Å². The highest BCUT2D eigenvalue weighted by molar-refractivity contribution is 5.65. The first-order valence-corrected chi connectivity index (χ1v) is 6.66. The van der Waals surface area contributed by atoms with Gasteiger partial charge in [0.1, 0.15) is 6.33 Å². The molecular formula is C13H24N4O2. The predicted molar refractivity (Wildman–Crippen MR) is 76.9 cm³/mol. The van der Waals surface area contributed by atoms with Gasteiger partial charge in [-0.2, -0.15) is 0 Å². The molecule has 0 aliphatic rings. The van der Waals surface area contributed by atoms with Crippen LogP contribution in [0.3, 0.4) is 0 Å². The normalized spacial score (nSPS) is 10.6.